The van der Waals surface area contributed by atoms with E-state index in [0.29, 0.717) is 5.41 Å². The van der Waals surface area contributed by atoms with Crippen LogP contribution in [0.2, 0.25) is 0 Å². The fourth-order valence-corrected chi connectivity index (χ4v) is 1.90. The second-order valence-electron chi connectivity index (χ2n) is 4.26. The Hall–Kier alpha value is -0.830. The highest BCUT2D eigenvalue weighted by molar-refractivity contribution is 4.81. The smallest absolute Gasteiger partial charge is 0.243 e. The summed E-state index contributed by atoms with van der Waals surface area (Å²) in [5.41, 5.74) is 0.407. The van der Waals surface area contributed by atoms with E-state index in [4.69, 9.17) is 4.74 Å². The van der Waals surface area contributed by atoms with Crippen molar-refractivity contribution in [2.75, 3.05) is 13.2 Å². The summed E-state index contributed by atoms with van der Waals surface area (Å²) in [5, 5.41) is 0. The van der Waals surface area contributed by atoms with Crippen molar-refractivity contribution < 1.29 is 9.30 Å². The molecule has 1 aliphatic rings. The van der Waals surface area contributed by atoms with E-state index >= 15 is 0 Å². The molecular formula is C11H19N2O+. The predicted molar refractivity (Wildman–Crippen MR) is 53.8 cm³/mol. The van der Waals surface area contributed by atoms with Crippen LogP contribution in [0.4, 0.5) is 0 Å². The Morgan fingerprint density at radius 1 is 1.43 bits per heavy atom. The van der Waals surface area contributed by atoms with Crippen LogP contribution in [-0.4, -0.2) is 17.8 Å². The van der Waals surface area contributed by atoms with Crippen molar-refractivity contribution >= 4 is 0 Å². The second-order valence-corrected chi connectivity index (χ2v) is 4.26. The molecule has 0 aliphatic carbocycles. The molecule has 0 unspecified atom stereocenters. The highest BCUT2D eigenvalue weighted by Crippen LogP contribution is 2.31. The van der Waals surface area contributed by atoms with Crippen molar-refractivity contribution in [3.8, 4) is 0 Å². The molecular weight excluding hydrogens is 176 g/mol. The van der Waals surface area contributed by atoms with Crippen molar-refractivity contribution in [3.05, 3.63) is 18.7 Å². The van der Waals surface area contributed by atoms with Gasteiger partial charge in [-0.05, 0) is 13.3 Å². The summed E-state index contributed by atoms with van der Waals surface area (Å²) in [7, 11) is 0. The lowest BCUT2D eigenvalue weighted by molar-refractivity contribution is -0.714. The Morgan fingerprint density at radius 3 is 2.64 bits per heavy atom. The van der Waals surface area contributed by atoms with Crippen LogP contribution in [-0.2, 0) is 17.8 Å². The van der Waals surface area contributed by atoms with Gasteiger partial charge >= 0.3 is 0 Å². The van der Waals surface area contributed by atoms with Crippen molar-refractivity contribution in [1.29, 1.82) is 0 Å². The van der Waals surface area contributed by atoms with Gasteiger partial charge in [-0.2, -0.15) is 0 Å². The maximum atomic E-state index is 5.31. The summed E-state index contributed by atoms with van der Waals surface area (Å²) < 4.78 is 9.78. The summed E-state index contributed by atoms with van der Waals surface area (Å²) in [6.45, 7) is 8.40. The van der Waals surface area contributed by atoms with Gasteiger partial charge in [0.15, 0.2) is 0 Å². The van der Waals surface area contributed by atoms with E-state index < -0.39 is 0 Å². The van der Waals surface area contributed by atoms with Gasteiger partial charge in [0.05, 0.1) is 31.7 Å². The minimum atomic E-state index is 0.407. The fourth-order valence-electron chi connectivity index (χ4n) is 1.90. The highest BCUT2D eigenvalue weighted by Gasteiger charge is 2.39. The van der Waals surface area contributed by atoms with E-state index in [-0.39, 0.29) is 0 Å². The largest absolute Gasteiger partial charge is 0.380 e. The van der Waals surface area contributed by atoms with Gasteiger partial charge in [0.25, 0.3) is 0 Å². The van der Waals surface area contributed by atoms with Crippen molar-refractivity contribution in [1.82, 2.24) is 4.57 Å². The number of hydrogen-bond acceptors (Lipinski definition) is 1. The lowest BCUT2D eigenvalue weighted by atomic mass is 9.83. The van der Waals surface area contributed by atoms with E-state index in [1.54, 1.807) is 0 Å². The van der Waals surface area contributed by atoms with Crippen LogP contribution < -0.4 is 4.57 Å². The zero-order chi connectivity index (χ0) is 10.0. The third-order valence-corrected chi connectivity index (χ3v) is 3.20. The molecule has 2 heterocycles. The van der Waals surface area contributed by atoms with Gasteiger partial charge in [-0.1, -0.05) is 6.92 Å². The van der Waals surface area contributed by atoms with Crippen LogP contribution in [0.5, 0.6) is 0 Å². The Balaban J connectivity index is 2.02. The van der Waals surface area contributed by atoms with E-state index in [9.17, 15) is 0 Å². The quantitative estimate of drug-likeness (QED) is 0.661. The van der Waals surface area contributed by atoms with Crippen LogP contribution >= 0.6 is 0 Å². The molecule has 0 radical (unpaired) electrons. The lowest BCUT2D eigenvalue weighted by Crippen LogP contribution is -2.52. The minimum Gasteiger partial charge on any atom is -0.380 e. The molecule has 0 aromatic carbocycles. The van der Waals surface area contributed by atoms with Crippen molar-refractivity contribution in [2.45, 2.75) is 33.4 Å². The van der Waals surface area contributed by atoms with Gasteiger partial charge in [-0.3, -0.25) is 0 Å². The van der Waals surface area contributed by atoms with E-state index in [2.05, 4.69) is 41.7 Å². The molecule has 0 spiro atoms. The first-order valence-corrected chi connectivity index (χ1v) is 5.40. The van der Waals surface area contributed by atoms with Crippen molar-refractivity contribution in [3.63, 3.8) is 0 Å². The number of ether oxygens (including phenoxy) is 1. The first-order chi connectivity index (χ1) is 6.78. The molecule has 0 N–H and O–H groups in total. The number of aryl methyl sites for hydroxylation is 1. The molecule has 1 aromatic heterocycles. The zero-order valence-electron chi connectivity index (χ0n) is 9.07. The Morgan fingerprint density at radius 2 is 2.21 bits per heavy atom. The molecule has 0 saturated carbocycles. The van der Waals surface area contributed by atoms with Crippen molar-refractivity contribution in [2.24, 2.45) is 5.41 Å². The molecule has 78 valence electrons. The van der Waals surface area contributed by atoms with Gasteiger partial charge in [0.2, 0.25) is 6.33 Å². The van der Waals surface area contributed by atoms with E-state index in [1.165, 1.54) is 6.42 Å². The maximum absolute atomic E-state index is 5.31. The van der Waals surface area contributed by atoms with Gasteiger partial charge in [-0.25, -0.2) is 9.13 Å². The number of imidazole rings is 1. The third-order valence-electron chi connectivity index (χ3n) is 3.20. The molecule has 1 aliphatic heterocycles. The van der Waals surface area contributed by atoms with E-state index in [0.717, 1.165) is 26.3 Å². The normalized spacial score (nSPS) is 19.3. The molecule has 0 amide bonds. The summed E-state index contributed by atoms with van der Waals surface area (Å²) in [6, 6.07) is 0. The number of aromatic nitrogens is 2. The summed E-state index contributed by atoms with van der Waals surface area (Å²) in [5.74, 6) is 0. The topological polar surface area (TPSA) is 18.0 Å². The first-order valence-electron chi connectivity index (χ1n) is 5.40. The highest BCUT2D eigenvalue weighted by atomic mass is 16.5. The van der Waals surface area contributed by atoms with Crippen LogP contribution in [0.1, 0.15) is 20.3 Å². The molecule has 3 nitrogen and oxygen atoms in total. The standard InChI is InChI=1S/C11H19N2O/c1-3-11(8-14-9-11)7-13-6-5-12(4-2)10-13/h5-6,10H,3-4,7-9H2,1-2H3/q+1. The maximum Gasteiger partial charge on any atom is 0.243 e. The first kappa shape index (κ1) is 9.71. The Kier molecular flexibility index (Phi) is 2.59. The lowest BCUT2D eigenvalue weighted by Gasteiger charge is -2.39. The van der Waals surface area contributed by atoms with Crippen LogP contribution in [0, 0.1) is 5.41 Å². The monoisotopic (exact) mass is 195 g/mol. The summed E-state index contributed by atoms with van der Waals surface area (Å²) in [6.07, 6.45) is 7.66. The summed E-state index contributed by atoms with van der Waals surface area (Å²) in [4.78, 5) is 0. The third kappa shape index (κ3) is 1.69. The molecule has 3 heteroatoms. The van der Waals surface area contributed by atoms with E-state index in [1.807, 2.05) is 0 Å². The average molecular weight is 195 g/mol. The number of nitrogens with zero attached hydrogens (tertiary/aromatic N) is 2. The molecule has 1 aromatic rings. The minimum absolute atomic E-state index is 0.407. The predicted octanol–water partition coefficient (Wildman–Crippen LogP) is 1.22. The number of rotatable bonds is 4. The average Bonchev–Trinajstić information content (AvgIpc) is 2.59. The Bertz CT molecular complexity index is 296. The Labute approximate surface area is 85.3 Å². The second kappa shape index (κ2) is 3.73. The van der Waals surface area contributed by atoms with Gasteiger partial charge in [0, 0.05) is 0 Å². The van der Waals surface area contributed by atoms with Crippen LogP contribution in [0.3, 0.4) is 0 Å². The number of hydrogen-bond donors (Lipinski definition) is 0. The molecule has 1 fully saturated rings. The SMILES string of the molecule is CCn1cc[n+](CC2(CC)COC2)c1. The van der Waals surface area contributed by atoms with Crippen LogP contribution in [0.25, 0.3) is 0 Å². The fraction of sp³-hybridized carbons (Fsp3) is 0.727. The van der Waals surface area contributed by atoms with Gasteiger partial charge in [0.1, 0.15) is 12.4 Å². The molecule has 0 bridgehead atoms. The molecule has 1 saturated heterocycles. The molecule has 14 heavy (non-hydrogen) atoms. The van der Waals surface area contributed by atoms with Gasteiger partial charge < -0.3 is 4.74 Å². The van der Waals surface area contributed by atoms with Crippen LogP contribution in [0.15, 0.2) is 18.7 Å². The molecule has 2 rings (SSSR count). The van der Waals surface area contributed by atoms with Gasteiger partial charge in [-0.15, -0.1) is 0 Å². The molecule has 0 atom stereocenters. The summed E-state index contributed by atoms with van der Waals surface area (Å²) >= 11 is 0. The zero-order valence-corrected chi connectivity index (χ0v) is 9.07.